The third-order valence-electron chi connectivity index (χ3n) is 2.15. The summed E-state index contributed by atoms with van der Waals surface area (Å²) in [6, 6.07) is 4.03. The quantitative estimate of drug-likeness (QED) is 0.743. The second-order valence-corrected chi connectivity index (χ2v) is 3.31. The molecule has 88 valence electrons. The fourth-order valence-electron chi connectivity index (χ4n) is 1.23. The summed E-state index contributed by atoms with van der Waals surface area (Å²) in [5.74, 6) is -1.78. The largest absolute Gasteiger partial charge is 0.359 e. The molecule has 1 aromatic carbocycles. The normalized spacial score (nSPS) is 10.2. The average molecular weight is 228 g/mol. The minimum atomic E-state index is -0.856. The van der Waals surface area contributed by atoms with E-state index in [1.807, 2.05) is 0 Å². The van der Waals surface area contributed by atoms with Crippen LogP contribution in [0.25, 0.3) is 0 Å². The lowest BCUT2D eigenvalue weighted by Gasteiger charge is -2.05. The SMILES string of the molecule is CNC(=O)CCNCc1cccc(F)c1F. The second-order valence-electron chi connectivity index (χ2n) is 3.31. The molecule has 0 aromatic heterocycles. The maximum Gasteiger partial charge on any atom is 0.221 e. The number of nitrogens with one attached hydrogen (secondary N) is 2. The lowest BCUT2D eigenvalue weighted by atomic mass is 10.2. The van der Waals surface area contributed by atoms with E-state index in [0.29, 0.717) is 13.0 Å². The number of carbonyl (C=O) groups excluding carboxylic acids is 1. The zero-order chi connectivity index (χ0) is 12.0. The van der Waals surface area contributed by atoms with Crippen molar-refractivity contribution in [2.24, 2.45) is 0 Å². The van der Waals surface area contributed by atoms with Crippen LogP contribution in [0.4, 0.5) is 8.78 Å². The molecule has 2 N–H and O–H groups in total. The molecule has 0 atom stereocenters. The van der Waals surface area contributed by atoms with Crippen molar-refractivity contribution >= 4 is 5.91 Å². The molecule has 0 saturated heterocycles. The Morgan fingerprint density at radius 2 is 2.12 bits per heavy atom. The predicted octanol–water partition coefficient (Wildman–Crippen LogP) is 1.19. The third kappa shape index (κ3) is 3.58. The van der Waals surface area contributed by atoms with Crippen LogP contribution in [0.1, 0.15) is 12.0 Å². The van der Waals surface area contributed by atoms with Crippen LogP contribution < -0.4 is 10.6 Å². The first-order valence-corrected chi connectivity index (χ1v) is 4.99. The lowest BCUT2D eigenvalue weighted by Crippen LogP contribution is -2.24. The number of hydrogen-bond donors (Lipinski definition) is 2. The molecule has 5 heteroatoms. The molecule has 0 radical (unpaired) electrons. The van der Waals surface area contributed by atoms with E-state index in [0.717, 1.165) is 6.07 Å². The molecule has 0 bridgehead atoms. The van der Waals surface area contributed by atoms with Crippen LogP contribution in [0.3, 0.4) is 0 Å². The van der Waals surface area contributed by atoms with E-state index < -0.39 is 11.6 Å². The van der Waals surface area contributed by atoms with Gasteiger partial charge in [0.05, 0.1) is 0 Å². The first kappa shape index (κ1) is 12.6. The van der Waals surface area contributed by atoms with Gasteiger partial charge in [-0.05, 0) is 6.07 Å². The highest BCUT2D eigenvalue weighted by molar-refractivity contribution is 5.75. The minimum Gasteiger partial charge on any atom is -0.359 e. The number of benzene rings is 1. The van der Waals surface area contributed by atoms with Gasteiger partial charge >= 0.3 is 0 Å². The van der Waals surface area contributed by atoms with E-state index in [9.17, 15) is 13.6 Å². The van der Waals surface area contributed by atoms with Gasteiger partial charge in [0, 0.05) is 32.1 Å². The predicted molar refractivity (Wildman–Crippen MR) is 56.7 cm³/mol. The number of halogens is 2. The van der Waals surface area contributed by atoms with Crippen molar-refractivity contribution in [2.75, 3.05) is 13.6 Å². The Morgan fingerprint density at radius 3 is 2.81 bits per heavy atom. The lowest BCUT2D eigenvalue weighted by molar-refractivity contribution is -0.120. The molecule has 0 spiro atoms. The van der Waals surface area contributed by atoms with Crippen molar-refractivity contribution in [2.45, 2.75) is 13.0 Å². The second kappa shape index (κ2) is 6.17. The summed E-state index contributed by atoms with van der Waals surface area (Å²) in [6.45, 7) is 0.635. The van der Waals surface area contributed by atoms with Gasteiger partial charge in [-0.1, -0.05) is 12.1 Å². The van der Waals surface area contributed by atoms with Gasteiger partial charge in [0.1, 0.15) is 0 Å². The van der Waals surface area contributed by atoms with Gasteiger partial charge in [0.15, 0.2) is 11.6 Å². The van der Waals surface area contributed by atoms with Gasteiger partial charge < -0.3 is 10.6 Å². The van der Waals surface area contributed by atoms with Gasteiger partial charge in [-0.15, -0.1) is 0 Å². The van der Waals surface area contributed by atoms with Crippen molar-refractivity contribution in [3.63, 3.8) is 0 Å². The Hall–Kier alpha value is -1.49. The number of hydrogen-bond acceptors (Lipinski definition) is 2. The van der Waals surface area contributed by atoms with E-state index >= 15 is 0 Å². The summed E-state index contributed by atoms with van der Waals surface area (Å²) in [4.78, 5) is 10.9. The van der Waals surface area contributed by atoms with E-state index in [1.54, 1.807) is 7.05 Å². The van der Waals surface area contributed by atoms with Gasteiger partial charge in [-0.2, -0.15) is 0 Å². The Morgan fingerprint density at radius 1 is 1.38 bits per heavy atom. The van der Waals surface area contributed by atoms with Crippen LogP contribution in [0.15, 0.2) is 18.2 Å². The van der Waals surface area contributed by atoms with E-state index in [2.05, 4.69) is 10.6 Å². The summed E-state index contributed by atoms with van der Waals surface area (Å²) in [7, 11) is 1.55. The third-order valence-corrected chi connectivity index (χ3v) is 2.15. The maximum absolute atomic E-state index is 13.2. The highest BCUT2D eigenvalue weighted by Crippen LogP contribution is 2.10. The molecule has 0 fully saturated rings. The zero-order valence-corrected chi connectivity index (χ0v) is 9.02. The fraction of sp³-hybridized carbons (Fsp3) is 0.364. The van der Waals surface area contributed by atoms with Crippen LogP contribution in [-0.4, -0.2) is 19.5 Å². The molecule has 0 aliphatic heterocycles. The molecule has 0 aliphatic carbocycles. The molecule has 0 saturated carbocycles. The van der Waals surface area contributed by atoms with Gasteiger partial charge in [0.2, 0.25) is 5.91 Å². The Bertz CT molecular complexity index is 369. The van der Waals surface area contributed by atoms with Gasteiger partial charge in [0.25, 0.3) is 0 Å². The molecule has 16 heavy (non-hydrogen) atoms. The first-order chi connectivity index (χ1) is 7.65. The number of rotatable bonds is 5. The van der Waals surface area contributed by atoms with Crippen molar-refractivity contribution < 1.29 is 13.6 Å². The van der Waals surface area contributed by atoms with Crippen LogP contribution in [0.2, 0.25) is 0 Å². The highest BCUT2D eigenvalue weighted by Gasteiger charge is 2.06. The van der Waals surface area contributed by atoms with Gasteiger partial charge in [-0.25, -0.2) is 8.78 Å². The molecular weight excluding hydrogens is 214 g/mol. The minimum absolute atomic E-state index is 0.0905. The van der Waals surface area contributed by atoms with Crippen LogP contribution >= 0.6 is 0 Å². The Labute approximate surface area is 92.8 Å². The van der Waals surface area contributed by atoms with Crippen molar-refractivity contribution in [3.05, 3.63) is 35.4 Å². The van der Waals surface area contributed by atoms with Crippen LogP contribution in [-0.2, 0) is 11.3 Å². The fourth-order valence-corrected chi connectivity index (χ4v) is 1.23. The molecular formula is C11H14F2N2O. The molecule has 0 unspecified atom stereocenters. The smallest absolute Gasteiger partial charge is 0.221 e. The maximum atomic E-state index is 13.2. The Kier molecular flexibility index (Phi) is 4.85. The van der Waals surface area contributed by atoms with E-state index in [-0.39, 0.29) is 18.0 Å². The van der Waals surface area contributed by atoms with Crippen LogP contribution in [0, 0.1) is 11.6 Å². The topological polar surface area (TPSA) is 41.1 Å². The first-order valence-electron chi connectivity index (χ1n) is 4.99. The van der Waals surface area contributed by atoms with Gasteiger partial charge in [-0.3, -0.25) is 4.79 Å². The summed E-state index contributed by atoms with van der Waals surface area (Å²) in [5.41, 5.74) is 0.261. The van der Waals surface area contributed by atoms with Crippen molar-refractivity contribution in [1.82, 2.24) is 10.6 Å². The molecule has 0 heterocycles. The summed E-state index contributed by atoms with van der Waals surface area (Å²) in [6.07, 6.45) is 0.313. The molecule has 1 aromatic rings. The monoisotopic (exact) mass is 228 g/mol. The average Bonchev–Trinajstić information content (AvgIpc) is 2.29. The number of carbonyl (C=O) groups is 1. The number of amides is 1. The highest BCUT2D eigenvalue weighted by atomic mass is 19.2. The molecule has 0 aliphatic rings. The molecule has 3 nitrogen and oxygen atoms in total. The summed E-state index contributed by atoms with van der Waals surface area (Å²) < 4.78 is 26.0. The summed E-state index contributed by atoms with van der Waals surface area (Å²) in [5, 5.41) is 5.34. The molecule has 1 amide bonds. The Balaban J connectivity index is 2.38. The van der Waals surface area contributed by atoms with Crippen molar-refractivity contribution in [1.29, 1.82) is 0 Å². The van der Waals surface area contributed by atoms with E-state index in [1.165, 1.54) is 12.1 Å². The van der Waals surface area contributed by atoms with E-state index in [4.69, 9.17) is 0 Å². The standard InChI is InChI=1S/C11H14F2N2O/c1-14-10(16)5-6-15-7-8-3-2-4-9(12)11(8)13/h2-4,15H,5-7H2,1H3,(H,14,16). The van der Waals surface area contributed by atoms with Crippen LogP contribution in [0.5, 0.6) is 0 Å². The molecule has 1 rings (SSSR count). The zero-order valence-electron chi connectivity index (χ0n) is 9.02. The van der Waals surface area contributed by atoms with Crippen molar-refractivity contribution in [3.8, 4) is 0 Å². The summed E-state index contributed by atoms with van der Waals surface area (Å²) >= 11 is 0.